The minimum atomic E-state index is -0.733. The van der Waals surface area contributed by atoms with Crippen LogP contribution in [-0.4, -0.2) is 29.4 Å². The molecule has 0 aliphatic heterocycles. The van der Waals surface area contributed by atoms with Gasteiger partial charge < -0.3 is 19.1 Å². The number of aryl methyl sites for hydroxylation is 3. The van der Waals surface area contributed by atoms with Crippen LogP contribution in [0.15, 0.2) is 34.9 Å². The van der Waals surface area contributed by atoms with Gasteiger partial charge in [0.25, 0.3) is 0 Å². The molecule has 0 unspecified atom stereocenters. The van der Waals surface area contributed by atoms with Crippen LogP contribution in [0.4, 0.5) is 0 Å². The summed E-state index contributed by atoms with van der Waals surface area (Å²) in [6, 6.07) is 10.1. The summed E-state index contributed by atoms with van der Waals surface area (Å²) in [5, 5.41) is 14.5. The van der Waals surface area contributed by atoms with Crippen LogP contribution in [0.25, 0.3) is 11.0 Å². The van der Waals surface area contributed by atoms with Crippen LogP contribution in [0.3, 0.4) is 0 Å². The van der Waals surface area contributed by atoms with Crippen LogP contribution < -0.4 is 9.47 Å². The summed E-state index contributed by atoms with van der Waals surface area (Å²) in [5.41, 5.74) is 5.16. The summed E-state index contributed by atoms with van der Waals surface area (Å²) >= 11 is 0. The number of carbonyl (C=O) groups is 1. The highest BCUT2D eigenvalue weighted by atomic mass is 16.5. The van der Waals surface area contributed by atoms with Crippen molar-refractivity contribution < 1.29 is 23.9 Å². The van der Waals surface area contributed by atoms with E-state index in [2.05, 4.69) is 18.1 Å². The smallest absolute Gasteiger partial charge is 0.306 e. The molecule has 170 valence electrons. The maximum Gasteiger partial charge on any atom is 0.306 e. The zero-order valence-electron chi connectivity index (χ0n) is 19.0. The summed E-state index contributed by atoms with van der Waals surface area (Å²) in [5.74, 6) is 0.678. The molecule has 32 heavy (non-hydrogen) atoms. The molecule has 1 aromatic heterocycles. The molecule has 1 aliphatic rings. The van der Waals surface area contributed by atoms with Gasteiger partial charge in [0.2, 0.25) is 0 Å². The number of fused-ring (bicyclic) bond motifs is 2. The van der Waals surface area contributed by atoms with Crippen LogP contribution in [0.1, 0.15) is 61.4 Å². The molecule has 0 saturated carbocycles. The Balaban J connectivity index is 1.31. The number of nitrogens with zero attached hydrogens (tertiary/aromatic N) is 1. The topological polar surface area (TPSA) is 81.8 Å². The summed E-state index contributed by atoms with van der Waals surface area (Å²) in [6.45, 7) is 6.99. The zero-order chi connectivity index (χ0) is 22.7. The zero-order valence-corrected chi connectivity index (χ0v) is 19.0. The Morgan fingerprint density at radius 1 is 1.25 bits per heavy atom. The molecular weight excluding hydrogens is 406 g/mol. The fraction of sp³-hybridized carbons (Fsp3) is 0.462. The van der Waals surface area contributed by atoms with Gasteiger partial charge in [0.1, 0.15) is 11.5 Å². The number of ether oxygens (including phenoxy) is 2. The first kappa shape index (κ1) is 22.2. The molecular formula is C26H31NO5. The normalized spacial score (nSPS) is 16.2. The van der Waals surface area contributed by atoms with Crippen molar-refractivity contribution in [3.63, 3.8) is 0 Å². The predicted octanol–water partition coefficient (Wildman–Crippen LogP) is 5.69. The first-order valence-corrected chi connectivity index (χ1v) is 11.5. The highest BCUT2D eigenvalue weighted by Crippen LogP contribution is 2.40. The fourth-order valence-electron chi connectivity index (χ4n) is 4.62. The van der Waals surface area contributed by atoms with Gasteiger partial charge in [-0.25, -0.2) is 0 Å². The van der Waals surface area contributed by atoms with E-state index in [4.69, 9.17) is 14.0 Å². The maximum atomic E-state index is 11.3. The average Bonchev–Trinajstić information content (AvgIpc) is 3.37. The highest BCUT2D eigenvalue weighted by Gasteiger charge is 2.31. The summed E-state index contributed by atoms with van der Waals surface area (Å²) in [4.78, 5) is 11.3. The van der Waals surface area contributed by atoms with Crippen molar-refractivity contribution in [2.75, 3.05) is 13.2 Å². The van der Waals surface area contributed by atoms with E-state index in [-0.39, 0.29) is 11.8 Å². The van der Waals surface area contributed by atoms with Gasteiger partial charge in [0.15, 0.2) is 5.58 Å². The van der Waals surface area contributed by atoms with Crippen molar-refractivity contribution >= 4 is 16.9 Å². The van der Waals surface area contributed by atoms with Gasteiger partial charge in [-0.05, 0) is 67.5 Å². The molecule has 0 saturated heterocycles. The molecule has 0 bridgehead atoms. The molecule has 1 N–H and O–H groups in total. The molecule has 6 heteroatoms. The van der Waals surface area contributed by atoms with Gasteiger partial charge in [0.05, 0.1) is 24.8 Å². The number of carboxylic acids is 1. The minimum absolute atomic E-state index is 0.0905. The van der Waals surface area contributed by atoms with Crippen molar-refractivity contribution in [1.82, 2.24) is 5.16 Å². The van der Waals surface area contributed by atoms with Crippen LogP contribution >= 0.6 is 0 Å². The second-order valence-electron chi connectivity index (χ2n) is 8.62. The number of benzene rings is 2. The Morgan fingerprint density at radius 2 is 2.06 bits per heavy atom. The van der Waals surface area contributed by atoms with Gasteiger partial charge >= 0.3 is 5.97 Å². The van der Waals surface area contributed by atoms with E-state index in [0.29, 0.717) is 13.2 Å². The molecule has 0 spiro atoms. The van der Waals surface area contributed by atoms with Gasteiger partial charge in [-0.15, -0.1) is 0 Å². The van der Waals surface area contributed by atoms with E-state index in [1.54, 1.807) is 6.92 Å². The van der Waals surface area contributed by atoms with Crippen molar-refractivity contribution in [3.05, 3.63) is 52.7 Å². The Hall–Kier alpha value is -3.02. The van der Waals surface area contributed by atoms with E-state index in [1.807, 2.05) is 31.2 Å². The van der Waals surface area contributed by atoms with Gasteiger partial charge in [-0.2, -0.15) is 0 Å². The molecule has 0 radical (unpaired) electrons. The lowest BCUT2D eigenvalue weighted by Gasteiger charge is -2.16. The molecule has 2 aromatic carbocycles. The Kier molecular flexibility index (Phi) is 6.68. The maximum absolute atomic E-state index is 11.3. The number of rotatable bonds is 10. The SMILES string of the molecule is CCCc1c(OCCCOc2ccc3c(c2)CC[C@@H]3[C@@H](C)C(=O)O)ccc2c(C)noc12. The minimum Gasteiger partial charge on any atom is -0.493 e. The predicted molar refractivity (Wildman–Crippen MR) is 123 cm³/mol. The molecule has 0 amide bonds. The quantitative estimate of drug-likeness (QED) is 0.411. The number of aromatic nitrogens is 1. The van der Waals surface area contributed by atoms with Crippen molar-refractivity contribution in [3.8, 4) is 11.5 Å². The molecule has 3 aromatic rings. The van der Waals surface area contributed by atoms with Crippen LogP contribution in [0.2, 0.25) is 0 Å². The van der Waals surface area contributed by atoms with Crippen LogP contribution in [0.5, 0.6) is 11.5 Å². The molecule has 6 nitrogen and oxygen atoms in total. The third-order valence-corrected chi connectivity index (χ3v) is 6.43. The first-order valence-electron chi connectivity index (χ1n) is 11.5. The van der Waals surface area contributed by atoms with E-state index in [9.17, 15) is 9.90 Å². The van der Waals surface area contributed by atoms with E-state index >= 15 is 0 Å². The second-order valence-corrected chi connectivity index (χ2v) is 8.62. The summed E-state index contributed by atoms with van der Waals surface area (Å²) in [6.07, 6.45) is 4.43. The lowest BCUT2D eigenvalue weighted by Crippen LogP contribution is -2.17. The Morgan fingerprint density at radius 3 is 2.84 bits per heavy atom. The Labute approximate surface area is 188 Å². The van der Waals surface area contributed by atoms with Crippen LogP contribution in [0, 0.1) is 12.8 Å². The first-order chi connectivity index (χ1) is 15.5. The number of hydrogen-bond acceptors (Lipinski definition) is 5. The number of hydrogen-bond donors (Lipinski definition) is 1. The van der Waals surface area contributed by atoms with Gasteiger partial charge in [0, 0.05) is 17.4 Å². The van der Waals surface area contributed by atoms with E-state index in [1.165, 1.54) is 5.56 Å². The molecule has 1 aliphatic carbocycles. The molecule has 1 heterocycles. The fourth-order valence-corrected chi connectivity index (χ4v) is 4.62. The van der Waals surface area contributed by atoms with Crippen molar-refractivity contribution in [1.29, 1.82) is 0 Å². The summed E-state index contributed by atoms with van der Waals surface area (Å²) in [7, 11) is 0. The van der Waals surface area contributed by atoms with Gasteiger partial charge in [-0.3, -0.25) is 4.79 Å². The average molecular weight is 438 g/mol. The third kappa shape index (κ3) is 4.45. The standard InChI is InChI=1S/C26H31NO5/c1-4-6-23-24(12-11-21-17(3)27-32-25(21)23)31-14-5-13-30-19-8-10-22-18(15-19)7-9-20(22)16(2)26(28)29/h8,10-12,15-16,20H,4-7,9,13-14H2,1-3H3,(H,28,29)/t16-,20-/m1/s1. The lowest BCUT2D eigenvalue weighted by molar-refractivity contribution is -0.141. The second kappa shape index (κ2) is 9.63. The van der Waals surface area contributed by atoms with Crippen molar-refractivity contribution in [2.24, 2.45) is 5.92 Å². The largest absolute Gasteiger partial charge is 0.493 e. The summed E-state index contributed by atoms with van der Waals surface area (Å²) < 4.78 is 17.5. The molecule has 2 atom stereocenters. The van der Waals surface area contributed by atoms with E-state index in [0.717, 1.165) is 71.4 Å². The third-order valence-electron chi connectivity index (χ3n) is 6.43. The molecule has 0 fully saturated rings. The van der Waals surface area contributed by atoms with Gasteiger partial charge in [-0.1, -0.05) is 31.5 Å². The Bertz CT molecular complexity index is 1100. The monoisotopic (exact) mass is 437 g/mol. The molecule has 4 rings (SSSR count). The van der Waals surface area contributed by atoms with Crippen LogP contribution in [-0.2, 0) is 17.6 Å². The van der Waals surface area contributed by atoms with Crippen molar-refractivity contribution in [2.45, 2.75) is 58.8 Å². The number of aliphatic carboxylic acids is 1. The lowest BCUT2D eigenvalue weighted by atomic mass is 9.89. The highest BCUT2D eigenvalue weighted by molar-refractivity contribution is 5.84. The number of carboxylic acid groups (broad SMARTS) is 1. The van der Waals surface area contributed by atoms with E-state index < -0.39 is 5.97 Å².